The number of furan rings is 1. The Balaban J connectivity index is 1.00. The van der Waals surface area contributed by atoms with Crippen LogP contribution in [0.3, 0.4) is 0 Å². The minimum Gasteiger partial charge on any atom is -0.456 e. The number of nitrogens with zero attached hydrogens (tertiary/aromatic N) is 2. The average molecular weight is 805 g/mol. The highest BCUT2D eigenvalue weighted by Gasteiger charge is 2.21. The summed E-state index contributed by atoms with van der Waals surface area (Å²) in [7, 11) is 0. The molecule has 3 heteroatoms. The van der Waals surface area contributed by atoms with Gasteiger partial charge in [-0.2, -0.15) is 0 Å². The molecule has 0 amide bonds. The van der Waals surface area contributed by atoms with Crippen molar-refractivity contribution in [3.05, 3.63) is 243 Å². The molecule has 12 aromatic rings. The van der Waals surface area contributed by atoms with Crippen molar-refractivity contribution in [3.63, 3.8) is 0 Å². The van der Waals surface area contributed by atoms with Crippen molar-refractivity contribution in [1.29, 1.82) is 0 Å². The largest absolute Gasteiger partial charge is 0.456 e. The van der Waals surface area contributed by atoms with Crippen LogP contribution in [0.4, 0.5) is 17.1 Å². The Labute approximate surface area is 366 Å². The van der Waals surface area contributed by atoms with Gasteiger partial charge in [-0.3, -0.25) is 0 Å². The Morgan fingerprint density at radius 3 is 1.48 bits per heavy atom. The Hall–Kier alpha value is -8.40. The fraction of sp³-hybridized carbons (Fsp3) is 0. The van der Waals surface area contributed by atoms with E-state index < -0.39 is 0 Å². The molecule has 0 N–H and O–H groups in total. The summed E-state index contributed by atoms with van der Waals surface area (Å²) in [5.41, 5.74) is 18.0. The van der Waals surface area contributed by atoms with Crippen LogP contribution < -0.4 is 4.90 Å². The maximum atomic E-state index is 6.45. The van der Waals surface area contributed by atoms with Crippen LogP contribution in [0.2, 0.25) is 0 Å². The van der Waals surface area contributed by atoms with Crippen LogP contribution in [-0.2, 0) is 0 Å². The third kappa shape index (κ3) is 6.21. The van der Waals surface area contributed by atoms with Gasteiger partial charge in [-0.15, -0.1) is 0 Å². The molecule has 12 rings (SSSR count). The molecule has 0 aliphatic rings. The molecule has 63 heavy (non-hydrogen) atoms. The molecule has 0 saturated heterocycles. The molecule has 10 aromatic carbocycles. The first-order valence-corrected chi connectivity index (χ1v) is 21.5. The topological polar surface area (TPSA) is 21.3 Å². The van der Waals surface area contributed by atoms with Crippen LogP contribution in [0.25, 0.3) is 93.9 Å². The minimum absolute atomic E-state index is 0.860. The second-order valence-corrected chi connectivity index (χ2v) is 16.0. The van der Waals surface area contributed by atoms with E-state index in [1.54, 1.807) is 0 Å². The van der Waals surface area contributed by atoms with Gasteiger partial charge in [0.15, 0.2) is 0 Å². The number of anilines is 3. The summed E-state index contributed by atoms with van der Waals surface area (Å²) in [5, 5.41) is 4.66. The van der Waals surface area contributed by atoms with E-state index >= 15 is 0 Å². The minimum atomic E-state index is 0.860. The van der Waals surface area contributed by atoms with Crippen molar-refractivity contribution in [2.45, 2.75) is 0 Å². The number of para-hydroxylation sites is 4. The van der Waals surface area contributed by atoms with E-state index in [4.69, 9.17) is 4.42 Å². The molecule has 0 spiro atoms. The summed E-state index contributed by atoms with van der Waals surface area (Å²) >= 11 is 0. The van der Waals surface area contributed by atoms with Crippen LogP contribution in [0.1, 0.15) is 0 Å². The Kier molecular flexibility index (Phi) is 8.83. The molecule has 0 aliphatic carbocycles. The smallest absolute Gasteiger partial charge is 0.137 e. The van der Waals surface area contributed by atoms with E-state index in [0.717, 1.165) is 55.8 Å². The SMILES string of the molecule is c1ccc(-c2ccccc2-c2ccccc2-c2ccc(N(c3ccc(-c4cccc5c6ccccc6n(-c6ccccc6)c45)cc3)c3cccc4oc5ccccc5c34)cc2)cc1. The molecule has 2 aromatic heterocycles. The lowest BCUT2D eigenvalue weighted by Gasteiger charge is -2.27. The number of hydrogen-bond donors (Lipinski definition) is 0. The van der Waals surface area contributed by atoms with Crippen molar-refractivity contribution >= 4 is 60.8 Å². The molecule has 296 valence electrons. The van der Waals surface area contributed by atoms with E-state index in [2.05, 4.69) is 246 Å². The van der Waals surface area contributed by atoms with Crippen molar-refractivity contribution in [1.82, 2.24) is 4.57 Å². The second-order valence-electron chi connectivity index (χ2n) is 16.0. The van der Waals surface area contributed by atoms with E-state index in [-0.39, 0.29) is 0 Å². The Bertz CT molecular complexity index is 3600. The maximum Gasteiger partial charge on any atom is 0.137 e. The third-order valence-electron chi connectivity index (χ3n) is 12.4. The predicted octanol–water partition coefficient (Wildman–Crippen LogP) is 16.8. The van der Waals surface area contributed by atoms with Gasteiger partial charge in [0.2, 0.25) is 0 Å². The van der Waals surface area contributed by atoms with Crippen LogP contribution in [0.5, 0.6) is 0 Å². The predicted molar refractivity (Wildman–Crippen MR) is 264 cm³/mol. The van der Waals surface area contributed by atoms with E-state index in [9.17, 15) is 0 Å². The molecule has 0 atom stereocenters. The van der Waals surface area contributed by atoms with Crippen molar-refractivity contribution < 1.29 is 4.42 Å². The molecule has 3 nitrogen and oxygen atoms in total. The van der Waals surface area contributed by atoms with Crippen LogP contribution in [0, 0.1) is 0 Å². The number of fused-ring (bicyclic) bond motifs is 6. The first-order valence-electron chi connectivity index (χ1n) is 21.5. The highest BCUT2D eigenvalue weighted by molar-refractivity contribution is 6.15. The van der Waals surface area contributed by atoms with Crippen LogP contribution in [0.15, 0.2) is 247 Å². The fourth-order valence-electron chi connectivity index (χ4n) is 9.60. The third-order valence-corrected chi connectivity index (χ3v) is 12.4. The fourth-order valence-corrected chi connectivity index (χ4v) is 9.60. The zero-order valence-electron chi connectivity index (χ0n) is 34.4. The molecule has 0 fully saturated rings. The molecule has 0 aliphatic heterocycles. The molecule has 0 bridgehead atoms. The van der Waals surface area contributed by atoms with Crippen molar-refractivity contribution in [2.75, 3.05) is 4.90 Å². The lowest BCUT2D eigenvalue weighted by Crippen LogP contribution is -2.10. The highest BCUT2D eigenvalue weighted by atomic mass is 16.3. The zero-order valence-corrected chi connectivity index (χ0v) is 34.4. The van der Waals surface area contributed by atoms with Gasteiger partial charge >= 0.3 is 0 Å². The standard InChI is InChI=1S/C60H40N2O/c1-3-17-41(18-4-1)47-21-7-9-23-50(47)51-24-10-8-22-48(51)42-33-37-45(38-34-42)61(56-30-16-32-58-59(56)54-26-12-14-31-57(54)63-58)46-39-35-43(36-40-46)49-27-15-28-53-52-25-11-13-29-55(52)62(60(49)53)44-19-5-2-6-20-44/h1-40H. The summed E-state index contributed by atoms with van der Waals surface area (Å²) in [5.74, 6) is 0. The van der Waals surface area contributed by atoms with Gasteiger partial charge in [0.25, 0.3) is 0 Å². The van der Waals surface area contributed by atoms with Gasteiger partial charge < -0.3 is 13.9 Å². The Morgan fingerprint density at radius 1 is 0.317 bits per heavy atom. The normalized spacial score (nSPS) is 11.5. The first-order chi connectivity index (χ1) is 31.3. The number of benzene rings is 10. The summed E-state index contributed by atoms with van der Waals surface area (Å²) in [6.07, 6.45) is 0. The van der Waals surface area contributed by atoms with Crippen LogP contribution in [-0.4, -0.2) is 4.57 Å². The van der Waals surface area contributed by atoms with Gasteiger partial charge in [-0.25, -0.2) is 0 Å². The van der Waals surface area contributed by atoms with E-state index in [1.165, 1.54) is 55.2 Å². The van der Waals surface area contributed by atoms with Gasteiger partial charge in [-0.05, 0) is 99.6 Å². The second kappa shape index (κ2) is 15.3. The zero-order chi connectivity index (χ0) is 41.7. The number of rotatable bonds is 8. The highest BCUT2D eigenvalue weighted by Crippen LogP contribution is 2.45. The van der Waals surface area contributed by atoms with E-state index in [0.29, 0.717) is 0 Å². The number of aromatic nitrogens is 1. The summed E-state index contributed by atoms with van der Waals surface area (Å²) in [6.45, 7) is 0. The summed E-state index contributed by atoms with van der Waals surface area (Å²) in [4.78, 5) is 2.37. The van der Waals surface area contributed by atoms with Gasteiger partial charge in [0, 0.05) is 38.8 Å². The van der Waals surface area contributed by atoms with Crippen molar-refractivity contribution in [2.24, 2.45) is 0 Å². The average Bonchev–Trinajstić information content (AvgIpc) is 3.92. The molecule has 0 radical (unpaired) electrons. The maximum absolute atomic E-state index is 6.45. The summed E-state index contributed by atoms with van der Waals surface area (Å²) in [6, 6.07) is 87.0. The van der Waals surface area contributed by atoms with Gasteiger partial charge in [0.1, 0.15) is 11.2 Å². The lowest BCUT2D eigenvalue weighted by atomic mass is 9.89. The Morgan fingerprint density at radius 2 is 0.794 bits per heavy atom. The molecular weight excluding hydrogens is 765 g/mol. The molecule has 0 unspecified atom stereocenters. The van der Waals surface area contributed by atoms with Crippen LogP contribution >= 0.6 is 0 Å². The lowest BCUT2D eigenvalue weighted by molar-refractivity contribution is 0.669. The first kappa shape index (κ1) is 36.5. The van der Waals surface area contributed by atoms with E-state index in [1.807, 2.05) is 6.07 Å². The summed E-state index contributed by atoms with van der Waals surface area (Å²) < 4.78 is 8.86. The quantitative estimate of drug-likeness (QED) is 0.153. The van der Waals surface area contributed by atoms with Gasteiger partial charge in [0.05, 0.1) is 22.1 Å². The molecular formula is C60H40N2O. The molecule has 2 heterocycles. The molecule has 0 saturated carbocycles. The van der Waals surface area contributed by atoms with Crippen molar-refractivity contribution in [3.8, 4) is 50.2 Å². The number of hydrogen-bond acceptors (Lipinski definition) is 2. The van der Waals surface area contributed by atoms with Gasteiger partial charge in [-0.1, -0.05) is 182 Å². The monoisotopic (exact) mass is 804 g/mol.